The maximum Gasteiger partial charge on any atom is 0.163 e. The van der Waals surface area contributed by atoms with Gasteiger partial charge in [0.15, 0.2) is 5.79 Å². The van der Waals surface area contributed by atoms with Crippen molar-refractivity contribution in [3.05, 3.63) is 0 Å². The van der Waals surface area contributed by atoms with Crippen LogP contribution in [0.2, 0.25) is 0 Å². The zero-order valence-corrected chi connectivity index (χ0v) is 13.5. The highest BCUT2D eigenvalue weighted by Gasteiger charge is 2.59. The van der Waals surface area contributed by atoms with Crippen molar-refractivity contribution in [2.75, 3.05) is 0 Å². The van der Waals surface area contributed by atoms with Gasteiger partial charge in [0.05, 0.1) is 12.2 Å². The van der Waals surface area contributed by atoms with Crippen LogP contribution in [-0.4, -0.2) is 29.6 Å². The number of hydrogen-bond donors (Lipinski definition) is 0. The number of ketones is 2. The fourth-order valence-corrected chi connectivity index (χ4v) is 4.73. The van der Waals surface area contributed by atoms with Crippen LogP contribution in [0, 0.1) is 17.3 Å². The van der Waals surface area contributed by atoms with E-state index in [-0.39, 0.29) is 41.0 Å². The summed E-state index contributed by atoms with van der Waals surface area (Å²) in [6.07, 6.45) is 4.05. The molecular formula is C17H26O4. The van der Waals surface area contributed by atoms with Gasteiger partial charge in [0.1, 0.15) is 11.6 Å². The number of rotatable bonds is 2. The molecule has 0 N–H and O–H groups in total. The van der Waals surface area contributed by atoms with Gasteiger partial charge in [-0.1, -0.05) is 6.92 Å². The Morgan fingerprint density at radius 1 is 1.19 bits per heavy atom. The number of hydrogen-bond acceptors (Lipinski definition) is 4. The lowest BCUT2D eigenvalue weighted by atomic mass is 9.55. The molecular weight excluding hydrogens is 268 g/mol. The van der Waals surface area contributed by atoms with Gasteiger partial charge in [-0.15, -0.1) is 0 Å². The van der Waals surface area contributed by atoms with Crippen LogP contribution in [0.1, 0.15) is 59.8 Å². The molecule has 1 unspecified atom stereocenters. The van der Waals surface area contributed by atoms with Crippen LogP contribution in [0.4, 0.5) is 0 Å². The molecule has 1 saturated heterocycles. The summed E-state index contributed by atoms with van der Waals surface area (Å²) in [7, 11) is 0. The first-order valence-electron chi connectivity index (χ1n) is 8.12. The summed E-state index contributed by atoms with van der Waals surface area (Å²) in [6.45, 7) is 7.56. The summed E-state index contributed by atoms with van der Waals surface area (Å²) in [5, 5.41) is 0. The lowest BCUT2D eigenvalue weighted by Crippen LogP contribution is -2.54. The first-order chi connectivity index (χ1) is 9.73. The quantitative estimate of drug-likeness (QED) is 0.786. The van der Waals surface area contributed by atoms with Crippen LogP contribution in [0.5, 0.6) is 0 Å². The molecule has 0 bridgehead atoms. The van der Waals surface area contributed by atoms with Gasteiger partial charge in [-0.05, 0) is 46.5 Å². The molecule has 0 aromatic heterocycles. The second-order valence-corrected chi connectivity index (χ2v) is 7.75. The normalized spacial score (nSPS) is 45.0. The minimum Gasteiger partial charge on any atom is -0.345 e. The molecule has 5 atom stereocenters. The Kier molecular flexibility index (Phi) is 3.53. The number of fused-ring (bicyclic) bond motifs is 3. The fourth-order valence-electron chi connectivity index (χ4n) is 4.73. The maximum atomic E-state index is 12.9. The van der Waals surface area contributed by atoms with Crippen molar-refractivity contribution in [3.8, 4) is 0 Å². The molecule has 118 valence electrons. The summed E-state index contributed by atoms with van der Waals surface area (Å²) in [5.41, 5.74) is -0.344. The molecule has 3 aliphatic rings. The van der Waals surface area contributed by atoms with Crippen LogP contribution in [0.15, 0.2) is 0 Å². The smallest absolute Gasteiger partial charge is 0.163 e. The molecule has 0 radical (unpaired) electrons. The predicted octanol–water partition coefficient (Wildman–Crippen LogP) is 2.88. The van der Waals surface area contributed by atoms with E-state index in [0.29, 0.717) is 6.42 Å². The summed E-state index contributed by atoms with van der Waals surface area (Å²) >= 11 is 0. The van der Waals surface area contributed by atoms with Crippen LogP contribution in [0.3, 0.4) is 0 Å². The monoisotopic (exact) mass is 294 g/mol. The Labute approximate surface area is 126 Å². The zero-order chi connectivity index (χ0) is 15.4. The largest absolute Gasteiger partial charge is 0.345 e. The molecule has 4 heteroatoms. The Bertz CT molecular complexity index is 469. The molecule has 0 aromatic rings. The van der Waals surface area contributed by atoms with Crippen LogP contribution in [0.25, 0.3) is 0 Å². The maximum absolute atomic E-state index is 12.9. The van der Waals surface area contributed by atoms with E-state index < -0.39 is 5.79 Å². The van der Waals surface area contributed by atoms with Crippen molar-refractivity contribution in [3.63, 3.8) is 0 Å². The molecule has 3 fully saturated rings. The van der Waals surface area contributed by atoms with Crippen molar-refractivity contribution >= 4 is 11.6 Å². The van der Waals surface area contributed by atoms with Crippen LogP contribution in [-0.2, 0) is 19.1 Å². The third kappa shape index (κ3) is 2.46. The van der Waals surface area contributed by atoms with Crippen molar-refractivity contribution in [1.29, 1.82) is 0 Å². The molecule has 1 heterocycles. The average molecular weight is 294 g/mol. The van der Waals surface area contributed by atoms with Crippen molar-refractivity contribution in [1.82, 2.24) is 0 Å². The second-order valence-electron chi connectivity index (χ2n) is 7.75. The van der Waals surface area contributed by atoms with Gasteiger partial charge in [-0.2, -0.15) is 0 Å². The van der Waals surface area contributed by atoms with E-state index in [1.54, 1.807) is 6.92 Å². The van der Waals surface area contributed by atoms with Gasteiger partial charge in [0.25, 0.3) is 0 Å². The van der Waals surface area contributed by atoms with E-state index in [2.05, 4.69) is 6.92 Å². The third-order valence-electron chi connectivity index (χ3n) is 5.68. The predicted molar refractivity (Wildman–Crippen MR) is 77.7 cm³/mol. The molecule has 0 aromatic carbocycles. The number of carbonyl (C=O) groups is 2. The van der Waals surface area contributed by atoms with E-state index >= 15 is 0 Å². The van der Waals surface area contributed by atoms with Gasteiger partial charge in [0, 0.05) is 23.7 Å². The second kappa shape index (κ2) is 4.88. The first-order valence-corrected chi connectivity index (χ1v) is 8.12. The van der Waals surface area contributed by atoms with Crippen LogP contribution >= 0.6 is 0 Å². The SMILES string of the molecule is CC(=O)CC1CC[C@@H]2[C@H]3OC(C)(C)O[C@H]3CC[C@]2(C)C1=O. The highest BCUT2D eigenvalue weighted by Crippen LogP contribution is 2.54. The Morgan fingerprint density at radius 2 is 1.90 bits per heavy atom. The average Bonchev–Trinajstić information content (AvgIpc) is 2.68. The van der Waals surface area contributed by atoms with E-state index in [0.717, 1.165) is 25.7 Å². The van der Waals surface area contributed by atoms with E-state index in [1.807, 2.05) is 13.8 Å². The number of Topliss-reactive ketones (excluding diaryl/α,β-unsaturated/α-hetero) is 2. The Morgan fingerprint density at radius 3 is 2.57 bits per heavy atom. The van der Waals surface area contributed by atoms with Gasteiger partial charge >= 0.3 is 0 Å². The van der Waals surface area contributed by atoms with Gasteiger partial charge in [0.2, 0.25) is 0 Å². The fraction of sp³-hybridized carbons (Fsp3) is 0.882. The minimum atomic E-state index is -0.542. The molecule has 4 nitrogen and oxygen atoms in total. The number of ether oxygens (including phenoxy) is 2. The third-order valence-corrected chi connectivity index (χ3v) is 5.68. The van der Waals surface area contributed by atoms with Gasteiger partial charge in [-0.3, -0.25) is 4.79 Å². The molecule has 1 aliphatic heterocycles. The Hall–Kier alpha value is -0.740. The minimum absolute atomic E-state index is 0.0287. The molecule has 3 rings (SSSR count). The van der Waals surface area contributed by atoms with Crippen molar-refractivity contribution in [2.45, 2.75) is 77.8 Å². The molecule has 0 spiro atoms. The summed E-state index contributed by atoms with van der Waals surface area (Å²) in [4.78, 5) is 24.3. The summed E-state index contributed by atoms with van der Waals surface area (Å²) in [5.74, 6) is -0.00408. The molecule has 2 saturated carbocycles. The molecule has 21 heavy (non-hydrogen) atoms. The van der Waals surface area contributed by atoms with E-state index in [9.17, 15) is 9.59 Å². The van der Waals surface area contributed by atoms with Gasteiger partial charge in [-0.25, -0.2) is 0 Å². The van der Waals surface area contributed by atoms with Gasteiger partial charge < -0.3 is 14.3 Å². The van der Waals surface area contributed by atoms with Crippen molar-refractivity contribution < 1.29 is 19.1 Å². The first kappa shape index (κ1) is 15.2. The standard InChI is InChI=1S/C17H26O4/c1-10(18)9-11-5-6-12-14-13(20-16(2,3)21-14)7-8-17(12,4)15(11)19/h11-14H,5-9H2,1-4H3/t11?,12-,13+,14-,17+/m1/s1. The van der Waals surface area contributed by atoms with E-state index in [1.165, 1.54) is 0 Å². The highest BCUT2D eigenvalue weighted by atomic mass is 16.8. The molecule has 2 aliphatic carbocycles. The number of carbonyl (C=O) groups excluding carboxylic acids is 2. The lowest BCUT2D eigenvalue weighted by molar-refractivity contribution is -0.162. The van der Waals surface area contributed by atoms with Crippen molar-refractivity contribution in [2.24, 2.45) is 17.3 Å². The summed E-state index contributed by atoms with van der Waals surface area (Å²) < 4.78 is 12.1. The topological polar surface area (TPSA) is 52.6 Å². The molecule has 0 amide bonds. The van der Waals surface area contributed by atoms with Crippen LogP contribution < -0.4 is 0 Å². The lowest BCUT2D eigenvalue weighted by Gasteiger charge is -2.49. The Balaban J connectivity index is 1.83. The zero-order valence-electron chi connectivity index (χ0n) is 13.5. The summed E-state index contributed by atoms with van der Waals surface area (Å²) in [6, 6.07) is 0. The van der Waals surface area contributed by atoms with E-state index in [4.69, 9.17) is 9.47 Å². The highest BCUT2D eigenvalue weighted by molar-refractivity contribution is 5.91.